The number of ether oxygens (including phenoxy) is 1. The van der Waals surface area contributed by atoms with Gasteiger partial charge in [-0.2, -0.15) is 0 Å². The molecule has 6 heteroatoms. The fourth-order valence-electron chi connectivity index (χ4n) is 2.12. The summed E-state index contributed by atoms with van der Waals surface area (Å²) in [5.41, 5.74) is 0.495. The molecule has 1 aromatic rings. The van der Waals surface area contributed by atoms with Crippen LogP contribution in [0.25, 0.3) is 0 Å². The normalized spacial score (nSPS) is 13.9. The lowest BCUT2D eigenvalue weighted by molar-refractivity contribution is -0.142. The molecule has 0 radical (unpaired) electrons. The first-order chi connectivity index (χ1) is 9.63. The Balaban J connectivity index is 2.11. The summed E-state index contributed by atoms with van der Waals surface area (Å²) in [4.78, 5) is 36.9. The molecule has 1 heterocycles. The Labute approximate surface area is 116 Å². The average molecular weight is 276 g/mol. The van der Waals surface area contributed by atoms with E-state index in [0.29, 0.717) is 13.1 Å². The zero-order valence-corrected chi connectivity index (χ0v) is 11.2. The Kier molecular flexibility index (Phi) is 4.34. The van der Waals surface area contributed by atoms with Crippen LogP contribution in [-0.2, 0) is 14.3 Å². The van der Waals surface area contributed by atoms with Crippen LogP contribution in [0.5, 0.6) is 0 Å². The molecular formula is C14H16N2O4. The van der Waals surface area contributed by atoms with Gasteiger partial charge in [0.05, 0.1) is 18.4 Å². The molecule has 0 spiro atoms. The number of hydrogen-bond donors (Lipinski definition) is 1. The Bertz CT molecular complexity index is 536. The molecule has 106 valence electrons. The second-order valence-electron chi connectivity index (χ2n) is 4.49. The number of anilines is 1. The van der Waals surface area contributed by atoms with Crippen LogP contribution in [0.2, 0.25) is 0 Å². The van der Waals surface area contributed by atoms with Crippen LogP contribution in [0, 0.1) is 0 Å². The number of rotatable bonds is 2. The molecule has 0 atom stereocenters. The summed E-state index contributed by atoms with van der Waals surface area (Å²) in [5, 5.41) is 2.47. The number of carbonyl (C=O) groups excluding carboxylic acids is 3. The molecule has 1 fully saturated rings. The van der Waals surface area contributed by atoms with Gasteiger partial charge in [0.15, 0.2) is 0 Å². The first-order valence-corrected chi connectivity index (χ1v) is 6.41. The molecule has 2 amide bonds. The number of nitrogens with one attached hydrogen (secondary N) is 1. The number of hydrogen-bond acceptors (Lipinski definition) is 4. The van der Waals surface area contributed by atoms with Crippen molar-refractivity contribution in [1.29, 1.82) is 0 Å². The maximum atomic E-state index is 11.9. The Morgan fingerprint density at radius 1 is 1.15 bits per heavy atom. The SMILES string of the molecule is COC(=O)c1ccccc1NC(=O)C(=O)N1CCCC1. The third-order valence-electron chi connectivity index (χ3n) is 3.17. The lowest BCUT2D eigenvalue weighted by Gasteiger charge is -2.15. The van der Waals surface area contributed by atoms with E-state index in [1.165, 1.54) is 18.1 Å². The standard InChI is InChI=1S/C14H16N2O4/c1-20-14(19)10-6-2-3-7-11(10)15-12(17)13(18)16-8-4-5-9-16/h2-3,6-7H,4-5,8-9H2,1H3,(H,15,17). The number of para-hydroxylation sites is 1. The zero-order valence-electron chi connectivity index (χ0n) is 11.2. The average Bonchev–Trinajstić information content (AvgIpc) is 3.00. The minimum atomic E-state index is -0.733. The number of benzene rings is 1. The van der Waals surface area contributed by atoms with Crippen molar-refractivity contribution in [1.82, 2.24) is 4.90 Å². The maximum Gasteiger partial charge on any atom is 0.339 e. The zero-order chi connectivity index (χ0) is 14.5. The van der Waals surface area contributed by atoms with Gasteiger partial charge in [0.2, 0.25) is 0 Å². The van der Waals surface area contributed by atoms with Crippen LogP contribution in [-0.4, -0.2) is 42.9 Å². The summed E-state index contributed by atoms with van der Waals surface area (Å²) in [6, 6.07) is 6.41. The molecule has 0 aromatic heterocycles. The van der Waals surface area contributed by atoms with Gasteiger partial charge in [0.25, 0.3) is 0 Å². The quantitative estimate of drug-likeness (QED) is 0.646. The van der Waals surface area contributed by atoms with E-state index in [1.807, 2.05) is 0 Å². The van der Waals surface area contributed by atoms with Crippen molar-refractivity contribution >= 4 is 23.5 Å². The van der Waals surface area contributed by atoms with E-state index in [2.05, 4.69) is 10.1 Å². The van der Waals surface area contributed by atoms with Gasteiger partial charge in [-0.15, -0.1) is 0 Å². The lowest BCUT2D eigenvalue weighted by atomic mass is 10.2. The van der Waals surface area contributed by atoms with Crippen molar-refractivity contribution in [3.05, 3.63) is 29.8 Å². The van der Waals surface area contributed by atoms with Crippen molar-refractivity contribution < 1.29 is 19.1 Å². The van der Waals surface area contributed by atoms with Crippen molar-refractivity contribution in [2.45, 2.75) is 12.8 Å². The number of amides is 2. The van der Waals surface area contributed by atoms with Gasteiger partial charge in [0, 0.05) is 13.1 Å². The summed E-state index contributed by atoms with van der Waals surface area (Å²) < 4.78 is 4.63. The first-order valence-electron chi connectivity index (χ1n) is 6.41. The molecule has 0 bridgehead atoms. The Morgan fingerprint density at radius 3 is 2.45 bits per heavy atom. The van der Waals surface area contributed by atoms with Gasteiger partial charge < -0.3 is 15.0 Å². The molecule has 1 aromatic carbocycles. The minimum Gasteiger partial charge on any atom is -0.465 e. The smallest absolute Gasteiger partial charge is 0.339 e. The van der Waals surface area contributed by atoms with Gasteiger partial charge in [-0.3, -0.25) is 9.59 Å². The van der Waals surface area contributed by atoms with Crippen molar-refractivity contribution in [3.63, 3.8) is 0 Å². The van der Waals surface area contributed by atoms with Gasteiger partial charge in [-0.1, -0.05) is 12.1 Å². The topological polar surface area (TPSA) is 75.7 Å². The third kappa shape index (κ3) is 2.96. The van der Waals surface area contributed by atoms with Gasteiger partial charge in [-0.25, -0.2) is 4.79 Å². The lowest BCUT2D eigenvalue weighted by Crippen LogP contribution is -2.38. The van der Waals surface area contributed by atoms with Crippen molar-refractivity contribution in [2.75, 3.05) is 25.5 Å². The highest BCUT2D eigenvalue weighted by Crippen LogP contribution is 2.16. The number of methoxy groups -OCH3 is 1. The molecule has 2 rings (SSSR count). The van der Waals surface area contributed by atoms with Gasteiger partial charge in [-0.05, 0) is 25.0 Å². The fourth-order valence-corrected chi connectivity index (χ4v) is 2.12. The molecule has 0 unspecified atom stereocenters. The molecule has 0 aliphatic carbocycles. The fraction of sp³-hybridized carbons (Fsp3) is 0.357. The minimum absolute atomic E-state index is 0.220. The van der Waals surface area contributed by atoms with Crippen LogP contribution in [0.15, 0.2) is 24.3 Å². The van der Waals surface area contributed by atoms with Crippen LogP contribution < -0.4 is 5.32 Å². The van der Waals surface area contributed by atoms with E-state index in [-0.39, 0.29) is 11.3 Å². The molecule has 20 heavy (non-hydrogen) atoms. The van der Waals surface area contributed by atoms with E-state index >= 15 is 0 Å². The van der Waals surface area contributed by atoms with Crippen LogP contribution >= 0.6 is 0 Å². The Morgan fingerprint density at radius 2 is 1.80 bits per heavy atom. The van der Waals surface area contributed by atoms with E-state index in [9.17, 15) is 14.4 Å². The number of nitrogens with zero attached hydrogens (tertiary/aromatic N) is 1. The molecule has 1 saturated heterocycles. The maximum absolute atomic E-state index is 11.9. The van der Waals surface area contributed by atoms with Crippen molar-refractivity contribution in [2.24, 2.45) is 0 Å². The molecule has 1 aliphatic rings. The van der Waals surface area contributed by atoms with E-state index in [1.54, 1.807) is 18.2 Å². The molecule has 1 N–H and O–H groups in total. The van der Waals surface area contributed by atoms with Crippen LogP contribution in [0.1, 0.15) is 23.2 Å². The number of carbonyl (C=O) groups is 3. The van der Waals surface area contributed by atoms with Crippen LogP contribution in [0.3, 0.4) is 0 Å². The molecule has 1 aliphatic heterocycles. The summed E-state index contributed by atoms with van der Waals surface area (Å²) in [6.45, 7) is 1.20. The summed E-state index contributed by atoms with van der Waals surface area (Å²) in [6.07, 6.45) is 1.83. The Hall–Kier alpha value is -2.37. The van der Waals surface area contributed by atoms with E-state index in [0.717, 1.165) is 12.8 Å². The van der Waals surface area contributed by atoms with Crippen LogP contribution in [0.4, 0.5) is 5.69 Å². The summed E-state index contributed by atoms with van der Waals surface area (Å²) in [7, 11) is 1.26. The van der Waals surface area contributed by atoms with Gasteiger partial charge in [0.1, 0.15) is 0 Å². The number of esters is 1. The highest BCUT2D eigenvalue weighted by Gasteiger charge is 2.25. The van der Waals surface area contributed by atoms with Gasteiger partial charge >= 0.3 is 17.8 Å². The predicted molar refractivity (Wildman–Crippen MR) is 72.2 cm³/mol. The second-order valence-corrected chi connectivity index (χ2v) is 4.49. The predicted octanol–water partition coefficient (Wildman–Crippen LogP) is 1.03. The number of likely N-dealkylation sites (tertiary alicyclic amines) is 1. The molecule has 0 saturated carbocycles. The molecular weight excluding hydrogens is 260 g/mol. The first kappa shape index (κ1) is 14.0. The highest BCUT2D eigenvalue weighted by atomic mass is 16.5. The second kappa shape index (κ2) is 6.18. The van der Waals surface area contributed by atoms with Crippen molar-refractivity contribution in [3.8, 4) is 0 Å². The largest absolute Gasteiger partial charge is 0.465 e. The summed E-state index contributed by atoms with van der Waals surface area (Å²) in [5.74, 6) is -1.86. The monoisotopic (exact) mass is 276 g/mol. The van der Waals surface area contributed by atoms with E-state index in [4.69, 9.17) is 0 Å². The third-order valence-corrected chi connectivity index (χ3v) is 3.17. The molecule has 6 nitrogen and oxygen atoms in total. The highest BCUT2D eigenvalue weighted by molar-refractivity contribution is 6.39. The van der Waals surface area contributed by atoms with E-state index < -0.39 is 17.8 Å². The summed E-state index contributed by atoms with van der Waals surface area (Å²) >= 11 is 0.